The third-order valence-electron chi connectivity index (χ3n) is 4.18. The minimum Gasteiger partial charge on any atom is -0.360 e. The Balaban J connectivity index is 1.76. The standard InChI is InChI=1S/C17H26ClN3O/c1-3-5-14(2)19-17(22)13-20-8-10-21(11-9-20)16-7-4-6-15(18)12-16/h4,6-7,12,14H,3,5,8-11,13H2,1-2H3,(H,19,22)/p+1/t14-/m0/s1. The van der Waals surface area contributed by atoms with Crippen LogP contribution in [0.25, 0.3) is 0 Å². The van der Waals surface area contributed by atoms with Gasteiger partial charge in [-0.2, -0.15) is 0 Å². The summed E-state index contributed by atoms with van der Waals surface area (Å²) < 4.78 is 0. The van der Waals surface area contributed by atoms with Crippen molar-refractivity contribution in [2.75, 3.05) is 37.6 Å². The summed E-state index contributed by atoms with van der Waals surface area (Å²) in [4.78, 5) is 15.7. The Hall–Kier alpha value is -1.26. The topological polar surface area (TPSA) is 36.8 Å². The van der Waals surface area contributed by atoms with E-state index in [-0.39, 0.29) is 11.9 Å². The second kappa shape index (κ2) is 8.39. The molecule has 1 atom stereocenters. The second-order valence-electron chi connectivity index (χ2n) is 6.15. The van der Waals surface area contributed by atoms with Crippen LogP contribution in [0, 0.1) is 0 Å². The normalized spacial score (nSPS) is 17.3. The van der Waals surface area contributed by atoms with E-state index in [9.17, 15) is 4.79 Å². The molecule has 0 radical (unpaired) electrons. The van der Waals surface area contributed by atoms with E-state index in [4.69, 9.17) is 11.6 Å². The Kier molecular flexibility index (Phi) is 6.52. The first-order chi connectivity index (χ1) is 10.6. The minimum atomic E-state index is 0.173. The summed E-state index contributed by atoms with van der Waals surface area (Å²) in [7, 11) is 0. The van der Waals surface area contributed by atoms with Crippen molar-refractivity contribution in [1.29, 1.82) is 0 Å². The molecule has 0 saturated carbocycles. The molecule has 1 amide bonds. The predicted octanol–water partition coefficient (Wildman–Crippen LogP) is 1.35. The van der Waals surface area contributed by atoms with E-state index in [0.717, 1.165) is 44.0 Å². The molecule has 1 heterocycles. The number of anilines is 1. The van der Waals surface area contributed by atoms with Gasteiger partial charge >= 0.3 is 0 Å². The number of carbonyl (C=O) groups excluding carboxylic acids is 1. The Morgan fingerprint density at radius 3 is 2.77 bits per heavy atom. The summed E-state index contributed by atoms with van der Waals surface area (Å²) in [6.45, 7) is 8.71. The number of nitrogens with zero attached hydrogens (tertiary/aromatic N) is 1. The zero-order chi connectivity index (χ0) is 15.9. The molecule has 0 unspecified atom stereocenters. The van der Waals surface area contributed by atoms with Crippen LogP contribution < -0.4 is 15.1 Å². The van der Waals surface area contributed by atoms with Crippen LogP contribution in [0.1, 0.15) is 26.7 Å². The third-order valence-corrected chi connectivity index (χ3v) is 4.42. The molecule has 1 fully saturated rings. The molecule has 1 aromatic carbocycles. The van der Waals surface area contributed by atoms with Crippen LogP contribution in [0.15, 0.2) is 24.3 Å². The van der Waals surface area contributed by atoms with Crippen molar-refractivity contribution >= 4 is 23.2 Å². The van der Waals surface area contributed by atoms with Crippen LogP contribution in [0.2, 0.25) is 5.02 Å². The molecule has 2 N–H and O–H groups in total. The minimum absolute atomic E-state index is 0.173. The van der Waals surface area contributed by atoms with E-state index in [1.165, 1.54) is 10.6 Å². The van der Waals surface area contributed by atoms with Gasteiger partial charge in [0.15, 0.2) is 6.54 Å². The molecule has 1 aliphatic heterocycles. The number of nitrogens with one attached hydrogen (secondary N) is 2. The highest BCUT2D eigenvalue weighted by Crippen LogP contribution is 2.19. The Bertz CT molecular complexity index is 487. The van der Waals surface area contributed by atoms with E-state index < -0.39 is 0 Å². The largest absolute Gasteiger partial charge is 0.360 e. The molecule has 0 aliphatic carbocycles. The summed E-state index contributed by atoms with van der Waals surface area (Å²) in [5.41, 5.74) is 1.17. The van der Waals surface area contributed by atoms with E-state index >= 15 is 0 Å². The quantitative estimate of drug-likeness (QED) is 0.829. The highest BCUT2D eigenvalue weighted by atomic mass is 35.5. The second-order valence-corrected chi connectivity index (χ2v) is 6.59. The molecule has 22 heavy (non-hydrogen) atoms. The first-order valence-corrected chi connectivity index (χ1v) is 8.59. The molecule has 1 aliphatic rings. The van der Waals surface area contributed by atoms with Crippen molar-refractivity contribution < 1.29 is 9.69 Å². The van der Waals surface area contributed by atoms with E-state index in [2.05, 4.69) is 30.1 Å². The smallest absolute Gasteiger partial charge is 0.275 e. The van der Waals surface area contributed by atoms with Gasteiger partial charge in [0.25, 0.3) is 5.91 Å². The van der Waals surface area contributed by atoms with E-state index in [1.54, 1.807) is 0 Å². The van der Waals surface area contributed by atoms with Gasteiger partial charge in [-0.05, 0) is 31.5 Å². The monoisotopic (exact) mass is 324 g/mol. The molecule has 2 rings (SSSR count). The molecular weight excluding hydrogens is 298 g/mol. The Labute approximate surface area is 138 Å². The maximum absolute atomic E-state index is 12.0. The maximum Gasteiger partial charge on any atom is 0.275 e. The molecule has 4 nitrogen and oxygen atoms in total. The van der Waals surface area contributed by atoms with Gasteiger partial charge in [-0.25, -0.2) is 0 Å². The average Bonchev–Trinajstić information content (AvgIpc) is 2.48. The van der Waals surface area contributed by atoms with Crippen molar-refractivity contribution in [1.82, 2.24) is 5.32 Å². The summed E-state index contributed by atoms with van der Waals surface area (Å²) in [5, 5.41) is 3.86. The fourth-order valence-electron chi connectivity index (χ4n) is 2.99. The van der Waals surface area contributed by atoms with Crippen LogP contribution in [-0.4, -0.2) is 44.7 Å². The lowest BCUT2D eigenvalue weighted by Crippen LogP contribution is -3.16. The van der Waals surface area contributed by atoms with Gasteiger partial charge < -0.3 is 15.1 Å². The van der Waals surface area contributed by atoms with E-state index in [0.29, 0.717) is 6.54 Å². The van der Waals surface area contributed by atoms with Gasteiger partial charge in [-0.3, -0.25) is 4.79 Å². The van der Waals surface area contributed by atoms with Gasteiger partial charge in [-0.15, -0.1) is 0 Å². The van der Waals surface area contributed by atoms with E-state index in [1.807, 2.05) is 18.2 Å². The number of piperazine rings is 1. The van der Waals surface area contributed by atoms with Gasteiger partial charge in [0, 0.05) is 16.8 Å². The molecule has 1 saturated heterocycles. The van der Waals surface area contributed by atoms with Crippen molar-refractivity contribution in [3.63, 3.8) is 0 Å². The fraction of sp³-hybridized carbons (Fsp3) is 0.588. The summed E-state index contributed by atoms with van der Waals surface area (Å²) in [6, 6.07) is 8.26. The highest BCUT2D eigenvalue weighted by Gasteiger charge is 2.22. The molecular formula is C17H27ClN3O+. The van der Waals surface area contributed by atoms with Gasteiger partial charge in [0.05, 0.1) is 26.2 Å². The average molecular weight is 325 g/mol. The number of halogens is 1. The van der Waals surface area contributed by atoms with Gasteiger partial charge in [0.2, 0.25) is 0 Å². The number of amides is 1. The van der Waals surface area contributed by atoms with Crippen LogP contribution in [-0.2, 0) is 4.79 Å². The zero-order valence-corrected chi connectivity index (χ0v) is 14.3. The van der Waals surface area contributed by atoms with Crippen LogP contribution in [0.5, 0.6) is 0 Å². The van der Waals surface area contributed by atoms with Crippen molar-refractivity contribution in [2.45, 2.75) is 32.7 Å². The molecule has 122 valence electrons. The highest BCUT2D eigenvalue weighted by molar-refractivity contribution is 6.30. The Morgan fingerprint density at radius 1 is 1.41 bits per heavy atom. The summed E-state index contributed by atoms with van der Waals surface area (Å²) in [5.74, 6) is 0.173. The molecule has 0 spiro atoms. The number of rotatable bonds is 6. The predicted molar refractivity (Wildman–Crippen MR) is 91.7 cm³/mol. The van der Waals surface area contributed by atoms with Crippen molar-refractivity contribution in [2.24, 2.45) is 0 Å². The first kappa shape index (κ1) is 17.1. The van der Waals surface area contributed by atoms with Crippen LogP contribution >= 0.6 is 11.6 Å². The lowest BCUT2D eigenvalue weighted by molar-refractivity contribution is -0.892. The zero-order valence-electron chi connectivity index (χ0n) is 13.6. The number of carbonyl (C=O) groups is 1. The molecule has 5 heteroatoms. The molecule has 0 aromatic heterocycles. The number of quaternary nitrogens is 1. The molecule has 0 bridgehead atoms. The van der Waals surface area contributed by atoms with Crippen LogP contribution in [0.3, 0.4) is 0 Å². The van der Waals surface area contributed by atoms with Gasteiger partial charge in [-0.1, -0.05) is 31.0 Å². The number of benzene rings is 1. The van der Waals surface area contributed by atoms with Gasteiger partial charge in [0.1, 0.15) is 0 Å². The first-order valence-electron chi connectivity index (χ1n) is 8.22. The molecule has 1 aromatic rings. The Morgan fingerprint density at radius 2 is 2.14 bits per heavy atom. The number of hydrogen-bond acceptors (Lipinski definition) is 2. The maximum atomic E-state index is 12.0. The lowest BCUT2D eigenvalue weighted by atomic mass is 10.2. The number of hydrogen-bond donors (Lipinski definition) is 2. The van der Waals surface area contributed by atoms with Crippen LogP contribution in [0.4, 0.5) is 5.69 Å². The SMILES string of the molecule is CCC[C@H](C)NC(=O)C[NH+]1CCN(c2cccc(Cl)c2)CC1. The summed E-state index contributed by atoms with van der Waals surface area (Å²) in [6.07, 6.45) is 2.15. The van der Waals surface area contributed by atoms with Crippen molar-refractivity contribution in [3.05, 3.63) is 29.3 Å². The lowest BCUT2D eigenvalue weighted by Gasteiger charge is -2.33. The summed E-state index contributed by atoms with van der Waals surface area (Å²) >= 11 is 6.05. The van der Waals surface area contributed by atoms with Crippen molar-refractivity contribution in [3.8, 4) is 0 Å². The fourth-order valence-corrected chi connectivity index (χ4v) is 3.17. The third kappa shape index (κ3) is 5.18.